The van der Waals surface area contributed by atoms with Gasteiger partial charge in [0.05, 0.1) is 0 Å². The van der Waals surface area contributed by atoms with E-state index in [2.05, 4.69) is 40.6 Å². The lowest BCUT2D eigenvalue weighted by Crippen LogP contribution is -2.29. The van der Waals surface area contributed by atoms with E-state index in [1.807, 2.05) is 6.07 Å². The molecule has 0 amide bonds. The Morgan fingerprint density at radius 1 is 1.40 bits per heavy atom. The van der Waals surface area contributed by atoms with Crippen molar-refractivity contribution in [1.82, 2.24) is 9.88 Å². The van der Waals surface area contributed by atoms with Crippen LogP contribution in [0, 0.1) is 0 Å². The van der Waals surface area contributed by atoms with Gasteiger partial charge in [-0.05, 0) is 74.9 Å². The van der Waals surface area contributed by atoms with Gasteiger partial charge < -0.3 is 20.9 Å². The zero-order valence-electron chi connectivity index (χ0n) is 11.6. The van der Waals surface area contributed by atoms with E-state index in [1.54, 1.807) is 0 Å². The number of fused-ring (bicyclic) bond motifs is 1. The maximum Gasteiger partial charge on any atom is 0.168 e. The van der Waals surface area contributed by atoms with E-state index in [-0.39, 0.29) is 0 Å². The van der Waals surface area contributed by atoms with Crippen LogP contribution in [0.1, 0.15) is 24.3 Å². The summed E-state index contributed by atoms with van der Waals surface area (Å²) in [7, 11) is 2.19. The van der Waals surface area contributed by atoms with Gasteiger partial charge in [-0.15, -0.1) is 0 Å². The quantitative estimate of drug-likeness (QED) is 0.744. The first-order chi connectivity index (χ1) is 9.63. The number of likely N-dealkylation sites (tertiary alicyclic amines) is 1. The number of anilines is 1. The summed E-state index contributed by atoms with van der Waals surface area (Å²) in [5.41, 5.74) is 9.09. The molecule has 1 aliphatic heterocycles. The Kier molecular flexibility index (Phi) is 3.63. The third-order valence-electron chi connectivity index (χ3n) is 4.14. The maximum absolute atomic E-state index is 5.55. The summed E-state index contributed by atoms with van der Waals surface area (Å²) in [5.74, 6) is 0.639. The number of aromatic amines is 1. The smallest absolute Gasteiger partial charge is 0.168 e. The average molecular weight is 288 g/mol. The van der Waals surface area contributed by atoms with Crippen molar-refractivity contribution in [3.05, 3.63) is 30.0 Å². The zero-order valence-corrected chi connectivity index (χ0v) is 12.5. The van der Waals surface area contributed by atoms with E-state index in [9.17, 15) is 0 Å². The van der Waals surface area contributed by atoms with Crippen LogP contribution in [-0.2, 0) is 0 Å². The van der Waals surface area contributed by atoms with Gasteiger partial charge in [-0.3, -0.25) is 0 Å². The summed E-state index contributed by atoms with van der Waals surface area (Å²) in [6.07, 6.45) is 4.60. The van der Waals surface area contributed by atoms with Crippen molar-refractivity contribution in [1.29, 1.82) is 0 Å². The topological polar surface area (TPSA) is 57.1 Å². The molecule has 1 aromatic heterocycles. The normalized spacial score (nSPS) is 17.4. The predicted molar refractivity (Wildman–Crippen MR) is 88.2 cm³/mol. The number of thiocarbonyl (C=S) groups is 1. The third kappa shape index (κ3) is 2.64. The average Bonchev–Trinajstić information content (AvgIpc) is 2.82. The highest BCUT2D eigenvalue weighted by Crippen LogP contribution is 2.33. The summed E-state index contributed by atoms with van der Waals surface area (Å²) in [6.45, 7) is 2.34. The number of nitrogens with one attached hydrogen (secondary N) is 2. The molecule has 20 heavy (non-hydrogen) atoms. The van der Waals surface area contributed by atoms with Gasteiger partial charge in [0, 0.05) is 22.8 Å². The molecule has 2 heterocycles. The lowest BCUT2D eigenvalue weighted by Gasteiger charge is -2.28. The molecule has 106 valence electrons. The van der Waals surface area contributed by atoms with Crippen LogP contribution in [0.2, 0.25) is 0 Å². The van der Waals surface area contributed by atoms with Gasteiger partial charge in [0.15, 0.2) is 5.11 Å². The van der Waals surface area contributed by atoms with E-state index in [0.29, 0.717) is 11.0 Å². The Labute approximate surface area is 124 Å². The second-order valence-corrected chi connectivity index (χ2v) is 6.01. The van der Waals surface area contributed by atoms with E-state index in [1.165, 1.54) is 42.4 Å². The Morgan fingerprint density at radius 2 is 2.15 bits per heavy atom. The van der Waals surface area contributed by atoms with E-state index in [4.69, 9.17) is 18.0 Å². The van der Waals surface area contributed by atoms with Gasteiger partial charge in [-0.1, -0.05) is 0 Å². The Hall–Kier alpha value is -1.59. The fourth-order valence-corrected chi connectivity index (χ4v) is 3.14. The highest BCUT2D eigenvalue weighted by atomic mass is 32.1. The molecular formula is C15H20N4S. The molecule has 0 aliphatic carbocycles. The summed E-state index contributed by atoms with van der Waals surface area (Å²) in [6, 6.07) is 6.21. The molecule has 0 spiro atoms. The van der Waals surface area contributed by atoms with Crippen LogP contribution >= 0.6 is 12.2 Å². The minimum atomic E-state index is 0.306. The first-order valence-electron chi connectivity index (χ1n) is 6.99. The van der Waals surface area contributed by atoms with Crippen molar-refractivity contribution < 1.29 is 0 Å². The number of hydrogen-bond acceptors (Lipinski definition) is 2. The number of aromatic nitrogens is 1. The van der Waals surface area contributed by atoms with Crippen molar-refractivity contribution in [2.75, 3.05) is 25.5 Å². The predicted octanol–water partition coefficient (Wildman–Crippen LogP) is 2.63. The maximum atomic E-state index is 5.55. The van der Waals surface area contributed by atoms with Crippen molar-refractivity contribution in [3.8, 4) is 0 Å². The highest BCUT2D eigenvalue weighted by molar-refractivity contribution is 7.80. The van der Waals surface area contributed by atoms with Crippen molar-refractivity contribution in [2.45, 2.75) is 18.8 Å². The minimum absolute atomic E-state index is 0.306. The first-order valence-corrected chi connectivity index (χ1v) is 7.40. The van der Waals surface area contributed by atoms with Gasteiger partial charge in [-0.25, -0.2) is 0 Å². The third-order valence-corrected chi connectivity index (χ3v) is 4.24. The van der Waals surface area contributed by atoms with Gasteiger partial charge in [0.1, 0.15) is 0 Å². The summed E-state index contributed by atoms with van der Waals surface area (Å²) in [5, 5.41) is 4.60. The SMILES string of the molecule is CN1CCC(c2c[nH]c3ccc(NC(N)=S)cc23)CC1. The number of benzene rings is 1. The number of rotatable bonds is 2. The Bertz CT molecular complexity index is 626. The van der Waals surface area contributed by atoms with Crippen LogP contribution in [-0.4, -0.2) is 35.1 Å². The van der Waals surface area contributed by atoms with Crippen LogP contribution < -0.4 is 11.1 Å². The van der Waals surface area contributed by atoms with Gasteiger partial charge >= 0.3 is 0 Å². The molecule has 1 saturated heterocycles. The molecule has 0 radical (unpaired) electrons. The minimum Gasteiger partial charge on any atom is -0.376 e. The van der Waals surface area contributed by atoms with E-state index in [0.717, 1.165) is 5.69 Å². The zero-order chi connectivity index (χ0) is 14.1. The number of nitrogens with zero attached hydrogens (tertiary/aromatic N) is 1. The highest BCUT2D eigenvalue weighted by Gasteiger charge is 2.21. The Balaban J connectivity index is 1.92. The van der Waals surface area contributed by atoms with Crippen LogP contribution in [0.25, 0.3) is 10.9 Å². The number of piperidine rings is 1. The molecule has 5 heteroatoms. The van der Waals surface area contributed by atoms with Crippen LogP contribution in [0.15, 0.2) is 24.4 Å². The molecule has 2 aromatic rings. The second-order valence-electron chi connectivity index (χ2n) is 5.57. The molecule has 0 bridgehead atoms. The summed E-state index contributed by atoms with van der Waals surface area (Å²) in [4.78, 5) is 5.77. The molecule has 3 rings (SSSR count). The largest absolute Gasteiger partial charge is 0.376 e. The number of H-pyrrole nitrogens is 1. The van der Waals surface area contributed by atoms with Gasteiger partial charge in [0.2, 0.25) is 0 Å². The van der Waals surface area contributed by atoms with Crippen LogP contribution in [0.4, 0.5) is 5.69 Å². The Morgan fingerprint density at radius 3 is 2.85 bits per heavy atom. The summed E-state index contributed by atoms with van der Waals surface area (Å²) < 4.78 is 0. The molecule has 0 atom stereocenters. The van der Waals surface area contributed by atoms with Gasteiger partial charge in [0.25, 0.3) is 0 Å². The molecule has 4 N–H and O–H groups in total. The second kappa shape index (κ2) is 5.42. The standard InChI is InChI=1S/C15H20N4S/c1-19-6-4-10(5-7-19)13-9-17-14-3-2-11(8-12(13)14)18-15(16)20/h2-3,8-10,17H,4-7H2,1H3,(H3,16,18,20). The van der Waals surface area contributed by atoms with Crippen LogP contribution in [0.3, 0.4) is 0 Å². The van der Waals surface area contributed by atoms with Gasteiger partial charge in [-0.2, -0.15) is 0 Å². The molecule has 1 aliphatic rings. The fraction of sp³-hybridized carbons (Fsp3) is 0.400. The molecule has 0 saturated carbocycles. The first kappa shape index (κ1) is 13.4. The van der Waals surface area contributed by atoms with Crippen molar-refractivity contribution in [3.63, 3.8) is 0 Å². The molecular weight excluding hydrogens is 268 g/mol. The summed E-state index contributed by atoms with van der Waals surface area (Å²) >= 11 is 4.90. The number of hydrogen-bond donors (Lipinski definition) is 3. The molecule has 4 nitrogen and oxygen atoms in total. The van der Waals surface area contributed by atoms with E-state index >= 15 is 0 Å². The molecule has 0 unspecified atom stereocenters. The lowest BCUT2D eigenvalue weighted by atomic mass is 9.89. The van der Waals surface area contributed by atoms with Crippen molar-refractivity contribution in [2.24, 2.45) is 5.73 Å². The number of nitrogens with two attached hydrogens (primary N) is 1. The van der Waals surface area contributed by atoms with E-state index < -0.39 is 0 Å². The van der Waals surface area contributed by atoms with Crippen LogP contribution in [0.5, 0.6) is 0 Å². The molecule has 1 aromatic carbocycles. The monoisotopic (exact) mass is 288 g/mol. The molecule has 1 fully saturated rings. The fourth-order valence-electron chi connectivity index (χ4n) is 3.02. The lowest BCUT2D eigenvalue weighted by molar-refractivity contribution is 0.256. The van der Waals surface area contributed by atoms with Crippen molar-refractivity contribution >= 4 is 33.9 Å².